The molecule has 1 aliphatic carbocycles. The monoisotopic (exact) mass is 300 g/mol. The lowest BCUT2D eigenvalue weighted by Gasteiger charge is -2.34. The molecule has 0 saturated heterocycles. The molecule has 0 radical (unpaired) electrons. The molecule has 0 aliphatic heterocycles. The number of nitrogens with zero attached hydrogens (tertiary/aromatic N) is 1. The number of hydrogen-bond donors (Lipinski definition) is 3. The number of carbonyl (C=O) groups excluding carboxylic acids is 1. The number of rotatable bonds is 8. The van der Waals surface area contributed by atoms with Crippen molar-refractivity contribution in [3.63, 3.8) is 0 Å². The van der Waals surface area contributed by atoms with E-state index >= 15 is 0 Å². The van der Waals surface area contributed by atoms with Gasteiger partial charge in [0.2, 0.25) is 0 Å². The van der Waals surface area contributed by atoms with Crippen LogP contribution in [0.4, 0.5) is 4.79 Å². The van der Waals surface area contributed by atoms with Crippen molar-refractivity contribution in [2.75, 3.05) is 20.1 Å². The highest BCUT2D eigenvalue weighted by atomic mass is 16.4. The van der Waals surface area contributed by atoms with Crippen LogP contribution < -0.4 is 5.32 Å². The van der Waals surface area contributed by atoms with E-state index in [1.807, 2.05) is 13.8 Å². The highest BCUT2D eigenvalue weighted by Crippen LogP contribution is 2.27. The molecule has 0 unspecified atom stereocenters. The first-order chi connectivity index (χ1) is 9.77. The van der Waals surface area contributed by atoms with Crippen LogP contribution in [0.1, 0.15) is 39.5 Å². The summed E-state index contributed by atoms with van der Waals surface area (Å²) in [4.78, 5) is 24.4. The number of nitrogens with one attached hydrogen (secondary N) is 1. The highest BCUT2D eigenvalue weighted by Gasteiger charge is 2.29. The molecular weight excluding hydrogens is 272 g/mol. The maximum absolute atomic E-state index is 12.0. The Morgan fingerprint density at radius 2 is 1.95 bits per heavy atom. The lowest BCUT2D eigenvalue weighted by atomic mass is 9.82. The largest absolute Gasteiger partial charge is 0.481 e. The quantitative estimate of drug-likeness (QED) is 0.634. The van der Waals surface area contributed by atoms with E-state index in [-0.39, 0.29) is 24.5 Å². The summed E-state index contributed by atoms with van der Waals surface area (Å²) in [7, 11) is 1.73. The molecule has 1 rings (SSSR count). The van der Waals surface area contributed by atoms with Crippen LogP contribution in [0.25, 0.3) is 0 Å². The van der Waals surface area contributed by atoms with E-state index in [2.05, 4.69) is 5.32 Å². The summed E-state index contributed by atoms with van der Waals surface area (Å²) in [6.45, 7) is 5.12. The minimum Gasteiger partial charge on any atom is -0.481 e. The van der Waals surface area contributed by atoms with Gasteiger partial charge in [-0.2, -0.15) is 0 Å². The van der Waals surface area contributed by atoms with Crippen LogP contribution >= 0.6 is 0 Å². The van der Waals surface area contributed by atoms with Gasteiger partial charge in [-0.15, -0.1) is 0 Å². The van der Waals surface area contributed by atoms with Crippen molar-refractivity contribution in [1.82, 2.24) is 10.2 Å². The first-order valence-corrected chi connectivity index (χ1v) is 7.66. The number of aliphatic hydroxyl groups excluding tert-OH is 1. The number of aliphatic carboxylic acids is 1. The van der Waals surface area contributed by atoms with Gasteiger partial charge in [0.1, 0.15) is 0 Å². The maximum Gasteiger partial charge on any atom is 0.317 e. The summed E-state index contributed by atoms with van der Waals surface area (Å²) >= 11 is 0. The fraction of sp³-hybridized carbons (Fsp3) is 0.867. The molecule has 6 heteroatoms. The fourth-order valence-corrected chi connectivity index (χ4v) is 2.84. The third-order valence-electron chi connectivity index (χ3n) is 3.90. The minimum absolute atomic E-state index is 0.0367. The first-order valence-electron chi connectivity index (χ1n) is 7.66. The van der Waals surface area contributed by atoms with Gasteiger partial charge in [0.05, 0.1) is 6.10 Å². The number of carboxylic acids is 1. The van der Waals surface area contributed by atoms with Crippen LogP contribution in [0.5, 0.6) is 0 Å². The van der Waals surface area contributed by atoms with Gasteiger partial charge in [0, 0.05) is 26.6 Å². The molecule has 0 bridgehead atoms. The van der Waals surface area contributed by atoms with Crippen LogP contribution in [-0.4, -0.2) is 53.4 Å². The molecule has 0 aromatic heterocycles. The third kappa shape index (κ3) is 6.80. The Morgan fingerprint density at radius 3 is 2.43 bits per heavy atom. The first kappa shape index (κ1) is 17.8. The van der Waals surface area contributed by atoms with Gasteiger partial charge in [0.25, 0.3) is 0 Å². The van der Waals surface area contributed by atoms with Gasteiger partial charge in [-0.1, -0.05) is 13.8 Å². The Balaban J connectivity index is 2.31. The number of hydrogen-bond acceptors (Lipinski definition) is 3. The Bertz CT molecular complexity index is 354. The van der Waals surface area contributed by atoms with E-state index in [9.17, 15) is 14.7 Å². The highest BCUT2D eigenvalue weighted by molar-refractivity contribution is 5.74. The van der Waals surface area contributed by atoms with Gasteiger partial charge >= 0.3 is 12.0 Å². The van der Waals surface area contributed by atoms with E-state index in [0.29, 0.717) is 24.9 Å². The number of amides is 2. The summed E-state index contributed by atoms with van der Waals surface area (Å²) in [6, 6.07) is -0.171. The average Bonchev–Trinajstić information content (AvgIpc) is 2.32. The predicted octanol–water partition coefficient (Wildman–Crippen LogP) is 1.54. The van der Waals surface area contributed by atoms with Crippen LogP contribution in [0.15, 0.2) is 0 Å². The maximum atomic E-state index is 12.0. The number of carboxylic acid groups (broad SMARTS) is 1. The van der Waals surface area contributed by atoms with Gasteiger partial charge in [-0.25, -0.2) is 4.79 Å². The summed E-state index contributed by atoms with van der Waals surface area (Å²) in [5, 5.41) is 21.0. The van der Waals surface area contributed by atoms with Crippen LogP contribution in [0.3, 0.4) is 0 Å². The topological polar surface area (TPSA) is 89.9 Å². The Kier molecular flexibility index (Phi) is 6.95. The molecule has 1 fully saturated rings. The minimum atomic E-state index is -0.827. The summed E-state index contributed by atoms with van der Waals surface area (Å²) in [5.74, 6) is -0.0845. The van der Waals surface area contributed by atoms with E-state index in [4.69, 9.17) is 5.11 Å². The molecule has 2 amide bonds. The van der Waals surface area contributed by atoms with E-state index in [1.165, 1.54) is 0 Å². The van der Waals surface area contributed by atoms with Gasteiger partial charge in [0.15, 0.2) is 0 Å². The zero-order chi connectivity index (χ0) is 16.0. The second-order valence-corrected chi connectivity index (χ2v) is 6.65. The van der Waals surface area contributed by atoms with E-state index in [1.54, 1.807) is 11.9 Å². The number of urea groups is 1. The normalized spacial score (nSPS) is 22.5. The molecule has 0 aromatic rings. The molecule has 122 valence electrons. The summed E-state index contributed by atoms with van der Waals surface area (Å²) < 4.78 is 0. The predicted molar refractivity (Wildman–Crippen MR) is 80.0 cm³/mol. The zero-order valence-corrected chi connectivity index (χ0v) is 13.2. The molecule has 1 atom stereocenters. The molecule has 0 heterocycles. The standard InChI is InChI=1S/C15H28N2O4/c1-10(2)4-11(7-14(19)20)8-16-15(21)17(3)9-12-5-13(18)6-12/h10-13,18H,4-9H2,1-3H3,(H,16,21)(H,19,20)/t11-,12?,13?/m0/s1. The van der Waals surface area contributed by atoms with Crippen molar-refractivity contribution in [3.8, 4) is 0 Å². The van der Waals surface area contributed by atoms with Crippen molar-refractivity contribution >= 4 is 12.0 Å². The second-order valence-electron chi connectivity index (χ2n) is 6.65. The van der Waals surface area contributed by atoms with E-state index in [0.717, 1.165) is 19.3 Å². The lowest BCUT2D eigenvalue weighted by Crippen LogP contribution is -2.45. The molecular formula is C15H28N2O4. The van der Waals surface area contributed by atoms with Gasteiger partial charge in [-0.3, -0.25) is 4.79 Å². The van der Waals surface area contributed by atoms with Crippen LogP contribution in [-0.2, 0) is 4.79 Å². The molecule has 3 N–H and O–H groups in total. The van der Waals surface area contributed by atoms with Crippen molar-refractivity contribution in [2.45, 2.75) is 45.6 Å². The van der Waals surface area contributed by atoms with E-state index < -0.39 is 5.97 Å². The van der Waals surface area contributed by atoms with Crippen LogP contribution in [0.2, 0.25) is 0 Å². The van der Waals surface area contributed by atoms with Crippen molar-refractivity contribution < 1.29 is 19.8 Å². The second kappa shape index (κ2) is 8.22. The Labute approximate surface area is 126 Å². The Morgan fingerprint density at radius 1 is 1.33 bits per heavy atom. The SMILES string of the molecule is CC(C)C[C@H](CNC(=O)N(C)CC1CC(O)C1)CC(=O)O. The lowest BCUT2D eigenvalue weighted by molar-refractivity contribution is -0.138. The summed E-state index contributed by atoms with van der Waals surface area (Å²) in [5.41, 5.74) is 0. The molecule has 1 saturated carbocycles. The smallest absolute Gasteiger partial charge is 0.317 e. The molecule has 21 heavy (non-hydrogen) atoms. The number of aliphatic hydroxyl groups is 1. The molecule has 1 aliphatic rings. The van der Waals surface area contributed by atoms with Crippen molar-refractivity contribution in [2.24, 2.45) is 17.8 Å². The van der Waals surface area contributed by atoms with Gasteiger partial charge < -0.3 is 20.4 Å². The van der Waals surface area contributed by atoms with Gasteiger partial charge in [-0.05, 0) is 37.0 Å². The Hall–Kier alpha value is -1.30. The average molecular weight is 300 g/mol. The number of carbonyl (C=O) groups is 2. The molecule has 0 spiro atoms. The molecule has 0 aromatic carbocycles. The molecule has 6 nitrogen and oxygen atoms in total. The summed E-state index contributed by atoms with van der Waals surface area (Å²) in [6.07, 6.45) is 2.17. The van der Waals surface area contributed by atoms with Crippen molar-refractivity contribution in [3.05, 3.63) is 0 Å². The fourth-order valence-electron chi connectivity index (χ4n) is 2.84. The third-order valence-corrected chi connectivity index (χ3v) is 3.90. The zero-order valence-electron chi connectivity index (χ0n) is 13.2. The van der Waals surface area contributed by atoms with Crippen molar-refractivity contribution in [1.29, 1.82) is 0 Å². The van der Waals surface area contributed by atoms with Crippen LogP contribution in [0, 0.1) is 17.8 Å².